The summed E-state index contributed by atoms with van der Waals surface area (Å²) in [6, 6.07) is 5.57. The van der Waals surface area contributed by atoms with Crippen LogP contribution in [0.15, 0.2) is 29.6 Å². The highest BCUT2D eigenvalue weighted by Gasteiger charge is 2.24. The second kappa shape index (κ2) is 4.75. The largest absolute Gasteiger partial charge is 0.480 e. The van der Waals surface area contributed by atoms with Gasteiger partial charge in [-0.2, -0.15) is 0 Å². The Morgan fingerprint density at radius 3 is 2.82 bits per heavy atom. The van der Waals surface area contributed by atoms with Crippen molar-refractivity contribution in [2.75, 3.05) is 0 Å². The molecule has 0 aliphatic heterocycles. The van der Waals surface area contributed by atoms with Gasteiger partial charge in [-0.1, -0.05) is 31.7 Å². The molecule has 2 heterocycles. The van der Waals surface area contributed by atoms with E-state index in [1.54, 1.807) is 4.40 Å². The number of fused-ring (bicyclic) bond motifs is 1. The van der Waals surface area contributed by atoms with Crippen LogP contribution >= 0.6 is 11.8 Å². The van der Waals surface area contributed by atoms with Crippen LogP contribution in [0.4, 0.5) is 0 Å². The number of carboxylic acid groups (broad SMARTS) is 1. The van der Waals surface area contributed by atoms with E-state index >= 15 is 0 Å². The van der Waals surface area contributed by atoms with E-state index in [4.69, 9.17) is 5.11 Å². The second-order valence-electron chi connectivity index (χ2n) is 4.03. The normalized spacial score (nSPS) is 13.1. The van der Waals surface area contributed by atoms with Crippen molar-refractivity contribution in [3.63, 3.8) is 0 Å². The first-order chi connectivity index (χ1) is 8.09. The van der Waals surface area contributed by atoms with Crippen molar-refractivity contribution >= 4 is 23.4 Å². The summed E-state index contributed by atoms with van der Waals surface area (Å²) in [4.78, 5) is 11.1. The molecule has 0 radical (unpaired) electrons. The fourth-order valence-corrected chi connectivity index (χ4v) is 2.44. The SMILES string of the molecule is CC(C)C(Sc1nnc2ccccn12)C(=O)O. The number of hydrogen-bond acceptors (Lipinski definition) is 4. The predicted molar refractivity (Wildman–Crippen MR) is 65.1 cm³/mol. The highest BCUT2D eigenvalue weighted by molar-refractivity contribution is 8.00. The monoisotopic (exact) mass is 251 g/mol. The first-order valence-corrected chi connectivity index (χ1v) is 6.17. The number of rotatable bonds is 4. The molecule has 90 valence electrons. The van der Waals surface area contributed by atoms with Gasteiger partial charge in [-0.05, 0) is 18.1 Å². The second-order valence-corrected chi connectivity index (χ2v) is 5.14. The van der Waals surface area contributed by atoms with Crippen LogP contribution in [0.25, 0.3) is 5.65 Å². The topological polar surface area (TPSA) is 67.5 Å². The van der Waals surface area contributed by atoms with Gasteiger partial charge in [0.15, 0.2) is 10.8 Å². The fourth-order valence-electron chi connectivity index (χ4n) is 1.49. The Kier molecular flexibility index (Phi) is 3.33. The van der Waals surface area contributed by atoms with Crippen molar-refractivity contribution in [2.45, 2.75) is 24.3 Å². The molecule has 2 aromatic rings. The van der Waals surface area contributed by atoms with E-state index in [0.717, 1.165) is 5.65 Å². The molecule has 2 aromatic heterocycles. The van der Waals surface area contributed by atoms with Gasteiger partial charge in [-0.25, -0.2) is 0 Å². The highest BCUT2D eigenvalue weighted by atomic mass is 32.2. The number of thioether (sulfide) groups is 1. The van der Waals surface area contributed by atoms with Gasteiger partial charge in [0, 0.05) is 6.20 Å². The quantitative estimate of drug-likeness (QED) is 0.841. The number of pyridine rings is 1. The number of nitrogens with zero attached hydrogens (tertiary/aromatic N) is 3. The average molecular weight is 251 g/mol. The molecule has 1 unspecified atom stereocenters. The van der Waals surface area contributed by atoms with Gasteiger partial charge in [0.25, 0.3) is 0 Å². The molecule has 1 atom stereocenters. The van der Waals surface area contributed by atoms with Crippen LogP contribution in [0, 0.1) is 5.92 Å². The van der Waals surface area contributed by atoms with Crippen molar-refractivity contribution in [2.24, 2.45) is 5.92 Å². The molecule has 0 bridgehead atoms. The Hall–Kier alpha value is -1.56. The zero-order valence-corrected chi connectivity index (χ0v) is 10.4. The lowest BCUT2D eigenvalue weighted by atomic mass is 10.1. The molecule has 0 saturated heterocycles. The zero-order valence-electron chi connectivity index (χ0n) is 9.57. The lowest BCUT2D eigenvalue weighted by Crippen LogP contribution is -2.22. The van der Waals surface area contributed by atoms with Crippen molar-refractivity contribution in [3.8, 4) is 0 Å². The molecule has 0 spiro atoms. The van der Waals surface area contributed by atoms with Crippen molar-refractivity contribution in [3.05, 3.63) is 24.4 Å². The molecule has 5 nitrogen and oxygen atoms in total. The van der Waals surface area contributed by atoms with Crippen molar-refractivity contribution in [1.29, 1.82) is 0 Å². The van der Waals surface area contributed by atoms with E-state index in [2.05, 4.69) is 10.2 Å². The minimum Gasteiger partial charge on any atom is -0.480 e. The van der Waals surface area contributed by atoms with E-state index in [1.807, 2.05) is 38.2 Å². The maximum Gasteiger partial charge on any atom is 0.317 e. The molecule has 6 heteroatoms. The van der Waals surface area contributed by atoms with Gasteiger partial charge in [0.1, 0.15) is 5.25 Å². The van der Waals surface area contributed by atoms with Crippen LogP contribution < -0.4 is 0 Å². The van der Waals surface area contributed by atoms with Crippen LogP contribution in [0.3, 0.4) is 0 Å². The summed E-state index contributed by atoms with van der Waals surface area (Å²) < 4.78 is 1.79. The minimum absolute atomic E-state index is 0.0357. The number of carbonyl (C=O) groups is 1. The van der Waals surface area contributed by atoms with Crippen LogP contribution in [0.2, 0.25) is 0 Å². The Bertz CT molecular complexity index is 538. The molecule has 17 heavy (non-hydrogen) atoms. The summed E-state index contributed by atoms with van der Waals surface area (Å²) in [6.45, 7) is 3.77. The summed E-state index contributed by atoms with van der Waals surface area (Å²) in [5, 5.41) is 17.2. The molecular weight excluding hydrogens is 238 g/mol. The van der Waals surface area contributed by atoms with E-state index in [9.17, 15) is 4.79 Å². The number of carboxylic acids is 1. The smallest absolute Gasteiger partial charge is 0.317 e. The first-order valence-electron chi connectivity index (χ1n) is 5.29. The molecule has 2 rings (SSSR count). The number of aliphatic carboxylic acids is 1. The van der Waals surface area contributed by atoms with Crippen LogP contribution in [-0.4, -0.2) is 30.9 Å². The van der Waals surface area contributed by atoms with Gasteiger partial charge >= 0.3 is 5.97 Å². The molecule has 0 aromatic carbocycles. The zero-order chi connectivity index (χ0) is 12.4. The molecule has 0 amide bonds. The Morgan fingerprint density at radius 1 is 1.41 bits per heavy atom. The molecular formula is C11H13N3O2S. The summed E-state index contributed by atoms with van der Waals surface area (Å²) in [5.41, 5.74) is 0.725. The highest BCUT2D eigenvalue weighted by Crippen LogP contribution is 2.27. The van der Waals surface area contributed by atoms with Gasteiger partial charge < -0.3 is 5.11 Å². The first kappa shape index (κ1) is 11.9. The Morgan fingerprint density at radius 2 is 2.18 bits per heavy atom. The lowest BCUT2D eigenvalue weighted by molar-refractivity contribution is -0.137. The van der Waals surface area contributed by atoms with Crippen LogP contribution in [-0.2, 0) is 4.79 Å². The minimum atomic E-state index is -0.822. The van der Waals surface area contributed by atoms with E-state index < -0.39 is 11.2 Å². The summed E-state index contributed by atoms with van der Waals surface area (Å²) in [5.74, 6) is -0.786. The molecule has 1 N–H and O–H groups in total. The molecule has 0 aliphatic rings. The summed E-state index contributed by atoms with van der Waals surface area (Å²) in [7, 11) is 0. The standard InChI is InChI=1S/C11H13N3O2S/c1-7(2)9(10(15)16)17-11-13-12-8-5-3-4-6-14(8)11/h3-7,9H,1-2H3,(H,15,16). The third kappa shape index (κ3) is 2.41. The lowest BCUT2D eigenvalue weighted by Gasteiger charge is -2.13. The maximum absolute atomic E-state index is 11.1. The van der Waals surface area contributed by atoms with Crippen LogP contribution in [0.1, 0.15) is 13.8 Å². The van der Waals surface area contributed by atoms with Crippen LogP contribution in [0.5, 0.6) is 0 Å². The van der Waals surface area contributed by atoms with Gasteiger partial charge in [0.2, 0.25) is 0 Å². The van der Waals surface area contributed by atoms with Gasteiger partial charge in [0.05, 0.1) is 0 Å². The van der Waals surface area contributed by atoms with Crippen molar-refractivity contribution in [1.82, 2.24) is 14.6 Å². The summed E-state index contributed by atoms with van der Waals surface area (Å²) >= 11 is 1.23. The third-order valence-corrected chi connectivity index (χ3v) is 3.85. The van der Waals surface area contributed by atoms with Gasteiger partial charge in [-0.3, -0.25) is 9.20 Å². The van der Waals surface area contributed by atoms with E-state index in [1.165, 1.54) is 11.8 Å². The number of aromatic nitrogens is 3. The molecule has 0 saturated carbocycles. The average Bonchev–Trinajstić information content (AvgIpc) is 2.68. The third-order valence-electron chi connectivity index (χ3n) is 2.36. The fraction of sp³-hybridized carbons (Fsp3) is 0.364. The molecule has 0 fully saturated rings. The van der Waals surface area contributed by atoms with Gasteiger partial charge in [-0.15, -0.1) is 10.2 Å². The van der Waals surface area contributed by atoms with E-state index in [0.29, 0.717) is 5.16 Å². The molecule has 0 aliphatic carbocycles. The Labute approximate surface area is 103 Å². The predicted octanol–water partition coefficient (Wildman–Crippen LogP) is 1.93. The Balaban J connectivity index is 2.31. The number of hydrogen-bond donors (Lipinski definition) is 1. The summed E-state index contributed by atoms with van der Waals surface area (Å²) in [6.07, 6.45) is 1.83. The van der Waals surface area contributed by atoms with E-state index in [-0.39, 0.29) is 5.92 Å². The maximum atomic E-state index is 11.1. The van der Waals surface area contributed by atoms with Crippen molar-refractivity contribution < 1.29 is 9.90 Å².